The van der Waals surface area contributed by atoms with Crippen molar-refractivity contribution in [2.75, 3.05) is 22.9 Å². The zero-order chi connectivity index (χ0) is 21.8. The maximum Gasteiger partial charge on any atom is 0.311 e. The van der Waals surface area contributed by atoms with Crippen LogP contribution in [0.3, 0.4) is 0 Å². The number of benzene rings is 2. The number of fused-ring (bicyclic) bond motifs is 1. The number of H-pyrrole nitrogens is 1. The van der Waals surface area contributed by atoms with Crippen LogP contribution < -0.4 is 10.6 Å². The molecule has 0 atom stereocenters. The van der Waals surface area contributed by atoms with Gasteiger partial charge in [-0.05, 0) is 55.3 Å². The lowest BCUT2D eigenvalue weighted by molar-refractivity contribution is -0.384. The molecule has 0 aliphatic heterocycles. The van der Waals surface area contributed by atoms with Crippen LogP contribution in [0.15, 0.2) is 59.8 Å². The number of nitrogens with one attached hydrogen (secondary N) is 3. The van der Waals surface area contributed by atoms with Crippen molar-refractivity contribution in [2.24, 2.45) is 0 Å². The fourth-order valence-electron chi connectivity index (χ4n) is 3.31. The van der Waals surface area contributed by atoms with E-state index in [9.17, 15) is 10.1 Å². The van der Waals surface area contributed by atoms with Crippen LogP contribution >= 0.6 is 11.8 Å². The van der Waals surface area contributed by atoms with Gasteiger partial charge in [0.2, 0.25) is 5.82 Å². The van der Waals surface area contributed by atoms with Gasteiger partial charge in [0, 0.05) is 24.1 Å². The van der Waals surface area contributed by atoms with Gasteiger partial charge < -0.3 is 15.6 Å². The second kappa shape index (κ2) is 9.05. The number of aryl methyl sites for hydroxylation is 2. The molecule has 2 heterocycles. The van der Waals surface area contributed by atoms with Crippen LogP contribution in [0.2, 0.25) is 0 Å². The summed E-state index contributed by atoms with van der Waals surface area (Å²) >= 11 is 1.55. The van der Waals surface area contributed by atoms with Crippen molar-refractivity contribution in [3.8, 4) is 0 Å². The van der Waals surface area contributed by atoms with Gasteiger partial charge in [-0.3, -0.25) is 10.1 Å². The highest BCUT2D eigenvalue weighted by molar-refractivity contribution is 7.99. The van der Waals surface area contributed by atoms with Gasteiger partial charge in [-0.25, -0.2) is 9.97 Å². The summed E-state index contributed by atoms with van der Waals surface area (Å²) in [6, 6.07) is 17.0. The molecule has 0 bridgehead atoms. The molecule has 8 nitrogen and oxygen atoms in total. The van der Waals surface area contributed by atoms with Crippen molar-refractivity contribution in [1.29, 1.82) is 0 Å². The van der Waals surface area contributed by atoms with E-state index < -0.39 is 4.92 Å². The number of pyridine rings is 1. The Hall–Kier alpha value is -3.59. The molecule has 0 spiro atoms. The fraction of sp³-hybridized carbons (Fsp3) is 0.182. The molecule has 158 valence electrons. The van der Waals surface area contributed by atoms with Crippen molar-refractivity contribution < 1.29 is 4.92 Å². The molecule has 9 heteroatoms. The molecule has 0 amide bonds. The third-order valence-corrected chi connectivity index (χ3v) is 5.44. The normalized spacial score (nSPS) is 10.9. The molecular weight excluding hydrogens is 412 g/mol. The van der Waals surface area contributed by atoms with Crippen LogP contribution in [-0.2, 0) is 0 Å². The van der Waals surface area contributed by atoms with Crippen molar-refractivity contribution in [3.63, 3.8) is 0 Å². The monoisotopic (exact) mass is 434 g/mol. The number of aromatic nitrogens is 3. The lowest BCUT2D eigenvalue weighted by Gasteiger charge is -2.11. The Labute approximate surface area is 183 Å². The standard InChI is InChI=1S/C22H22N6O2S/c1-14-11-15(2)13-16(12-14)24-20-8-7-19(28(29)30)21(27-20)23-9-10-31-22-25-17-5-3-4-6-18(17)26-22/h3-8,11-13H,9-10H2,1-2H3,(H,25,26)(H2,23,24,27). The summed E-state index contributed by atoms with van der Waals surface area (Å²) in [4.78, 5) is 23.2. The summed E-state index contributed by atoms with van der Waals surface area (Å²) in [5.74, 6) is 1.46. The van der Waals surface area contributed by atoms with E-state index in [4.69, 9.17) is 0 Å². The molecule has 0 saturated heterocycles. The Bertz CT molecular complexity index is 1190. The van der Waals surface area contributed by atoms with E-state index in [1.807, 2.05) is 50.2 Å². The molecule has 2 aromatic heterocycles. The Morgan fingerprint density at radius 2 is 1.84 bits per heavy atom. The van der Waals surface area contributed by atoms with Gasteiger partial charge in [0.25, 0.3) is 0 Å². The average molecular weight is 435 g/mol. The molecule has 0 saturated carbocycles. The minimum absolute atomic E-state index is 0.0558. The zero-order valence-corrected chi connectivity index (χ0v) is 18.0. The summed E-state index contributed by atoms with van der Waals surface area (Å²) in [5.41, 5.74) is 5.00. The van der Waals surface area contributed by atoms with E-state index in [2.05, 4.69) is 31.7 Å². The topological polar surface area (TPSA) is 109 Å². The van der Waals surface area contributed by atoms with Crippen LogP contribution in [0, 0.1) is 24.0 Å². The number of aromatic amines is 1. The molecule has 0 unspecified atom stereocenters. The van der Waals surface area contributed by atoms with Crippen molar-refractivity contribution in [3.05, 3.63) is 75.8 Å². The van der Waals surface area contributed by atoms with Gasteiger partial charge in [0.15, 0.2) is 5.16 Å². The summed E-state index contributed by atoms with van der Waals surface area (Å²) in [7, 11) is 0. The quantitative estimate of drug-likeness (QED) is 0.147. The van der Waals surface area contributed by atoms with E-state index in [0.717, 1.165) is 33.0 Å². The van der Waals surface area contributed by atoms with Crippen LogP contribution in [0.4, 0.5) is 23.0 Å². The number of thioether (sulfide) groups is 1. The number of anilines is 3. The first-order valence-electron chi connectivity index (χ1n) is 9.80. The first-order valence-corrected chi connectivity index (χ1v) is 10.8. The van der Waals surface area contributed by atoms with E-state index >= 15 is 0 Å². The Kier molecular flexibility index (Phi) is 6.03. The predicted molar refractivity (Wildman–Crippen MR) is 125 cm³/mol. The Balaban J connectivity index is 1.43. The van der Waals surface area contributed by atoms with E-state index in [1.165, 1.54) is 6.07 Å². The van der Waals surface area contributed by atoms with Gasteiger partial charge in [0.05, 0.1) is 16.0 Å². The van der Waals surface area contributed by atoms with E-state index in [0.29, 0.717) is 18.1 Å². The fourth-order valence-corrected chi connectivity index (χ4v) is 4.05. The number of rotatable bonds is 8. The van der Waals surface area contributed by atoms with Crippen molar-refractivity contribution in [2.45, 2.75) is 19.0 Å². The molecule has 4 rings (SSSR count). The van der Waals surface area contributed by atoms with Crippen LogP contribution in [-0.4, -0.2) is 32.2 Å². The van der Waals surface area contributed by atoms with E-state index in [1.54, 1.807) is 17.8 Å². The number of nitrogens with zero attached hydrogens (tertiary/aromatic N) is 3. The molecular formula is C22H22N6O2S. The van der Waals surface area contributed by atoms with Crippen molar-refractivity contribution >= 4 is 45.8 Å². The lowest BCUT2D eigenvalue weighted by atomic mass is 10.1. The molecule has 0 radical (unpaired) electrons. The largest absolute Gasteiger partial charge is 0.363 e. The summed E-state index contributed by atoms with van der Waals surface area (Å²) < 4.78 is 0. The van der Waals surface area contributed by atoms with Crippen LogP contribution in [0.5, 0.6) is 0 Å². The number of imidazole rings is 1. The number of para-hydroxylation sites is 2. The van der Waals surface area contributed by atoms with Gasteiger partial charge in [-0.2, -0.15) is 0 Å². The lowest BCUT2D eigenvalue weighted by Crippen LogP contribution is -2.09. The first kappa shape index (κ1) is 20.7. The molecule has 31 heavy (non-hydrogen) atoms. The van der Waals surface area contributed by atoms with E-state index in [-0.39, 0.29) is 11.5 Å². The van der Waals surface area contributed by atoms with Crippen LogP contribution in [0.1, 0.15) is 11.1 Å². The maximum absolute atomic E-state index is 11.4. The molecule has 0 aliphatic carbocycles. The smallest absolute Gasteiger partial charge is 0.311 e. The van der Waals surface area contributed by atoms with Gasteiger partial charge in [-0.1, -0.05) is 30.0 Å². The molecule has 4 aromatic rings. The van der Waals surface area contributed by atoms with Gasteiger partial charge in [0.1, 0.15) is 5.82 Å². The minimum Gasteiger partial charge on any atom is -0.363 e. The molecule has 0 aliphatic rings. The summed E-state index contributed by atoms with van der Waals surface area (Å²) in [5, 5.41) is 18.6. The highest BCUT2D eigenvalue weighted by Gasteiger charge is 2.16. The number of hydrogen-bond donors (Lipinski definition) is 3. The number of nitro groups is 1. The minimum atomic E-state index is -0.428. The van der Waals surface area contributed by atoms with Gasteiger partial charge >= 0.3 is 5.69 Å². The highest BCUT2D eigenvalue weighted by atomic mass is 32.2. The zero-order valence-electron chi connectivity index (χ0n) is 17.2. The molecule has 2 aromatic carbocycles. The molecule has 0 fully saturated rings. The van der Waals surface area contributed by atoms with Crippen LogP contribution in [0.25, 0.3) is 11.0 Å². The number of hydrogen-bond acceptors (Lipinski definition) is 7. The van der Waals surface area contributed by atoms with Crippen molar-refractivity contribution in [1.82, 2.24) is 15.0 Å². The SMILES string of the molecule is Cc1cc(C)cc(Nc2ccc([N+](=O)[O-])c(NCCSc3nc4ccccc4[nH]3)n2)c1. The maximum atomic E-state index is 11.4. The second-order valence-corrected chi connectivity index (χ2v) is 8.24. The first-order chi connectivity index (χ1) is 15.0. The van der Waals surface area contributed by atoms with Gasteiger partial charge in [-0.15, -0.1) is 0 Å². The summed E-state index contributed by atoms with van der Waals surface area (Å²) in [6.45, 7) is 4.55. The third-order valence-electron chi connectivity index (χ3n) is 4.57. The Morgan fingerprint density at radius 3 is 2.58 bits per heavy atom. The predicted octanol–water partition coefficient (Wildman–Crippen LogP) is 5.43. The molecule has 3 N–H and O–H groups in total. The summed E-state index contributed by atoms with van der Waals surface area (Å²) in [6.07, 6.45) is 0. The highest BCUT2D eigenvalue weighted by Crippen LogP contribution is 2.27. The average Bonchev–Trinajstić information content (AvgIpc) is 3.13. The Morgan fingerprint density at radius 1 is 1.06 bits per heavy atom. The third kappa shape index (κ3) is 5.13. The second-order valence-electron chi connectivity index (χ2n) is 7.16.